The summed E-state index contributed by atoms with van der Waals surface area (Å²) in [5, 5.41) is 20.9. The van der Waals surface area contributed by atoms with Crippen LogP contribution in [0.3, 0.4) is 0 Å². The first kappa shape index (κ1) is 27.7. The van der Waals surface area contributed by atoms with Crippen molar-refractivity contribution in [2.45, 2.75) is 91.8 Å². The maximum absolute atomic E-state index is 14.0. The summed E-state index contributed by atoms with van der Waals surface area (Å²) in [5.74, 6) is -1.98. The lowest BCUT2D eigenvalue weighted by Gasteiger charge is -2.56. The Kier molecular flexibility index (Phi) is 7.34. The van der Waals surface area contributed by atoms with Crippen LogP contribution in [0, 0.1) is 46.3 Å². The van der Waals surface area contributed by atoms with Crippen LogP contribution in [-0.2, 0) is 23.9 Å². The van der Waals surface area contributed by atoms with Crippen molar-refractivity contribution in [2.75, 3.05) is 0 Å². The van der Waals surface area contributed by atoms with Crippen LogP contribution in [0.25, 0.3) is 0 Å². The van der Waals surface area contributed by atoms with E-state index in [-0.39, 0.29) is 47.3 Å². The highest BCUT2D eigenvalue weighted by atomic mass is 16.5. The average Bonchev–Trinajstić information content (AvgIpc) is 3.21. The van der Waals surface area contributed by atoms with Gasteiger partial charge in [-0.15, -0.1) is 0 Å². The first-order valence-electron chi connectivity index (χ1n) is 13.8. The van der Waals surface area contributed by atoms with Crippen molar-refractivity contribution in [1.29, 1.82) is 0 Å². The second-order valence-electron chi connectivity index (χ2n) is 12.7. The fourth-order valence-electron chi connectivity index (χ4n) is 8.65. The highest BCUT2D eigenvalue weighted by Gasteiger charge is 2.65. The molecule has 2 fully saturated rings. The maximum atomic E-state index is 14.0. The number of hydrogen-bond acceptors (Lipinski definition) is 6. The molecule has 0 spiro atoms. The molecule has 0 bridgehead atoms. The molecule has 4 aliphatic carbocycles. The molecule has 0 aromatic heterocycles. The number of carboxylic acid groups (broad SMARTS) is 1. The minimum atomic E-state index is -1.19. The summed E-state index contributed by atoms with van der Waals surface area (Å²) in [6.45, 7) is 14.2. The Morgan fingerprint density at radius 2 is 1.89 bits per heavy atom. The number of carbonyl (C=O) groups excluding carboxylic acids is 3. The Labute approximate surface area is 219 Å². The van der Waals surface area contributed by atoms with Gasteiger partial charge in [-0.2, -0.15) is 0 Å². The predicted molar refractivity (Wildman–Crippen MR) is 137 cm³/mol. The molecule has 0 aromatic rings. The third-order valence-electron chi connectivity index (χ3n) is 11.1. The highest BCUT2D eigenvalue weighted by molar-refractivity contribution is 6.12. The van der Waals surface area contributed by atoms with E-state index in [0.29, 0.717) is 48.9 Å². The molecular weight excluding hydrogens is 472 g/mol. The topological polar surface area (TPSA) is 118 Å². The zero-order valence-electron chi connectivity index (χ0n) is 22.8. The lowest BCUT2D eigenvalue weighted by atomic mass is 9.47. The molecule has 0 radical (unpaired) electrons. The van der Waals surface area contributed by atoms with E-state index in [4.69, 9.17) is 4.74 Å². The van der Waals surface area contributed by atoms with Gasteiger partial charge in [0, 0.05) is 28.4 Å². The molecule has 0 saturated heterocycles. The summed E-state index contributed by atoms with van der Waals surface area (Å²) >= 11 is 0. The number of hydrogen-bond donors (Lipinski definition) is 2. The van der Waals surface area contributed by atoms with E-state index in [1.165, 1.54) is 0 Å². The van der Waals surface area contributed by atoms with Crippen LogP contribution < -0.4 is 0 Å². The number of aliphatic carboxylic acids is 1. The van der Waals surface area contributed by atoms with E-state index < -0.39 is 28.8 Å². The molecule has 0 heterocycles. The second-order valence-corrected chi connectivity index (χ2v) is 12.7. The zero-order valence-corrected chi connectivity index (χ0v) is 22.8. The Morgan fingerprint density at radius 3 is 2.51 bits per heavy atom. The quantitative estimate of drug-likeness (QED) is 0.361. The van der Waals surface area contributed by atoms with Gasteiger partial charge in [0.25, 0.3) is 6.47 Å². The number of Topliss-reactive ketones (excluding diaryl/α,β-unsaturated/α-hetero) is 2. The number of carbonyl (C=O) groups is 4. The molecular formula is C30H42O7. The standard InChI is InChI=1S/C30H42O7/c1-15(17(3)28(35)36)7-8-16(2)19-9-10-20-24-22(32)13-21-18(4)23(37-14-31)11-12-29(21,5)25(24)26(33)27(34)30(19,20)6/h14,16-21,23,27,34H,1,7-13H2,2-6H3,(H,35,36)/t16-,17?,18+,19-,20+,21+,23-,27+,29+,30-/m1/s1. The third kappa shape index (κ3) is 4.12. The van der Waals surface area contributed by atoms with Gasteiger partial charge in [-0.3, -0.25) is 19.2 Å². The van der Waals surface area contributed by atoms with Crippen LogP contribution in [0.4, 0.5) is 0 Å². The molecule has 4 aliphatic rings. The molecule has 0 aliphatic heterocycles. The number of ketones is 2. The second kappa shape index (κ2) is 9.79. The largest absolute Gasteiger partial charge is 0.481 e. The summed E-state index contributed by atoms with van der Waals surface area (Å²) in [6, 6.07) is 0. The minimum absolute atomic E-state index is 0.00418. The summed E-state index contributed by atoms with van der Waals surface area (Å²) in [4.78, 5) is 50.1. The van der Waals surface area contributed by atoms with Gasteiger partial charge in [0.1, 0.15) is 12.2 Å². The van der Waals surface area contributed by atoms with Gasteiger partial charge in [0.15, 0.2) is 11.6 Å². The smallest absolute Gasteiger partial charge is 0.310 e. The van der Waals surface area contributed by atoms with Gasteiger partial charge in [0.2, 0.25) is 0 Å². The van der Waals surface area contributed by atoms with Crippen molar-refractivity contribution < 1.29 is 34.1 Å². The molecule has 0 amide bonds. The number of fused-ring (bicyclic) bond motifs is 4. The van der Waals surface area contributed by atoms with Crippen LogP contribution in [0.2, 0.25) is 0 Å². The molecule has 1 unspecified atom stereocenters. The molecule has 0 aromatic carbocycles. The van der Waals surface area contributed by atoms with E-state index in [1.54, 1.807) is 6.92 Å². The predicted octanol–water partition coefficient (Wildman–Crippen LogP) is 4.52. The van der Waals surface area contributed by atoms with Crippen molar-refractivity contribution in [1.82, 2.24) is 0 Å². The van der Waals surface area contributed by atoms with E-state index in [0.717, 1.165) is 19.3 Å². The summed E-state index contributed by atoms with van der Waals surface area (Å²) in [5.41, 5.74) is 0.597. The van der Waals surface area contributed by atoms with Crippen molar-refractivity contribution in [3.63, 3.8) is 0 Å². The summed E-state index contributed by atoms with van der Waals surface area (Å²) < 4.78 is 5.32. The molecule has 2 saturated carbocycles. The van der Waals surface area contributed by atoms with E-state index in [2.05, 4.69) is 20.4 Å². The van der Waals surface area contributed by atoms with E-state index >= 15 is 0 Å². The average molecular weight is 515 g/mol. The van der Waals surface area contributed by atoms with Crippen LogP contribution in [0.15, 0.2) is 23.3 Å². The van der Waals surface area contributed by atoms with Gasteiger partial charge < -0.3 is 14.9 Å². The molecule has 7 heteroatoms. The van der Waals surface area contributed by atoms with Gasteiger partial charge in [-0.05, 0) is 75.0 Å². The summed E-state index contributed by atoms with van der Waals surface area (Å²) in [6.07, 6.45) is 3.00. The normalized spacial score (nSPS) is 40.8. The first-order chi connectivity index (χ1) is 17.3. The fraction of sp³-hybridized carbons (Fsp3) is 0.733. The van der Waals surface area contributed by atoms with E-state index in [9.17, 15) is 29.4 Å². The maximum Gasteiger partial charge on any atom is 0.310 e. The third-order valence-corrected chi connectivity index (χ3v) is 11.1. The summed E-state index contributed by atoms with van der Waals surface area (Å²) in [7, 11) is 0. The van der Waals surface area contributed by atoms with Crippen molar-refractivity contribution >= 4 is 24.0 Å². The fourth-order valence-corrected chi connectivity index (χ4v) is 8.65. The number of ether oxygens (including phenoxy) is 1. The molecule has 7 nitrogen and oxygen atoms in total. The van der Waals surface area contributed by atoms with E-state index in [1.807, 2.05) is 13.8 Å². The SMILES string of the molecule is C=C(CC[C@@H](C)[C@H]1CC[C@H]2C3=C(C(=O)[C@H](O)[C@]12C)[C@@]1(C)CC[C@@H](OC=O)[C@@H](C)[C@@H]1CC3=O)C(C)C(=O)O. The van der Waals surface area contributed by atoms with Crippen LogP contribution in [0.5, 0.6) is 0 Å². The van der Waals surface area contributed by atoms with Crippen molar-refractivity contribution in [2.24, 2.45) is 46.3 Å². The van der Waals surface area contributed by atoms with Gasteiger partial charge >= 0.3 is 5.97 Å². The molecule has 4 rings (SSSR count). The Morgan fingerprint density at radius 1 is 1.22 bits per heavy atom. The van der Waals surface area contributed by atoms with Gasteiger partial charge in [0.05, 0.1) is 5.92 Å². The highest BCUT2D eigenvalue weighted by Crippen LogP contribution is 2.65. The Hall–Kier alpha value is -2.28. The Bertz CT molecular complexity index is 1040. The number of rotatable bonds is 8. The van der Waals surface area contributed by atoms with Crippen LogP contribution in [-0.4, -0.2) is 46.4 Å². The lowest BCUT2D eigenvalue weighted by molar-refractivity contribution is -0.150. The van der Waals surface area contributed by atoms with Crippen molar-refractivity contribution in [3.05, 3.63) is 23.3 Å². The minimum Gasteiger partial charge on any atom is -0.481 e. The molecule has 37 heavy (non-hydrogen) atoms. The van der Waals surface area contributed by atoms with Crippen LogP contribution >= 0.6 is 0 Å². The molecule has 10 atom stereocenters. The number of carboxylic acids is 1. The monoisotopic (exact) mass is 514 g/mol. The number of aliphatic hydroxyl groups excluding tert-OH is 1. The number of allylic oxidation sites excluding steroid dienone is 1. The van der Waals surface area contributed by atoms with Gasteiger partial charge in [-0.25, -0.2) is 0 Å². The Balaban J connectivity index is 1.65. The first-order valence-corrected chi connectivity index (χ1v) is 13.8. The lowest BCUT2D eigenvalue weighted by Crippen LogP contribution is -2.59. The molecule has 204 valence electrons. The van der Waals surface area contributed by atoms with Crippen molar-refractivity contribution in [3.8, 4) is 0 Å². The van der Waals surface area contributed by atoms with Crippen LogP contribution in [0.1, 0.15) is 79.6 Å². The molecule has 2 N–H and O–H groups in total. The van der Waals surface area contributed by atoms with Gasteiger partial charge in [-0.1, -0.05) is 39.8 Å². The zero-order chi connectivity index (χ0) is 27.4. The number of aliphatic hydroxyl groups is 1.